The van der Waals surface area contributed by atoms with E-state index in [0.29, 0.717) is 22.0 Å². The number of carbonyl (C=O) groups is 3. The highest BCUT2D eigenvalue weighted by Crippen LogP contribution is 2.37. The number of hydrogen-bond donors (Lipinski definition) is 1. The molecule has 150 valence electrons. The lowest BCUT2D eigenvalue weighted by atomic mass is 10.1. The van der Waals surface area contributed by atoms with Crippen LogP contribution in [0, 0.1) is 3.57 Å². The van der Waals surface area contributed by atoms with E-state index in [-0.39, 0.29) is 23.3 Å². The second kappa shape index (κ2) is 8.87. The van der Waals surface area contributed by atoms with Gasteiger partial charge >= 0.3 is 5.97 Å². The maximum atomic E-state index is 12.1. The fourth-order valence-corrected chi connectivity index (χ4v) is 4.17. The standard InChI is InChI=1S/C20H16INO6S/c1-22-18(23)16(29-20(22)26)9-12-7-14(21)17(15(8-12)27-2)28-10-11-3-5-13(6-4-11)19(24)25/h3-9H,10H2,1-2H3,(H,24,25)/b16-9-. The van der Waals surface area contributed by atoms with E-state index in [1.165, 1.54) is 26.3 Å². The maximum Gasteiger partial charge on any atom is 0.335 e. The molecule has 1 aliphatic rings. The Kier molecular flexibility index (Phi) is 6.48. The third-order valence-electron chi connectivity index (χ3n) is 4.12. The average Bonchev–Trinajstić information content (AvgIpc) is 2.93. The summed E-state index contributed by atoms with van der Waals surface area (Å²) in [5, 5.41) is 8.66. The average molecular weight is 525 g/mol. The fourth-order valence-electron chi connectivity index (χ4n) is 2.56. The Morgan fingerprint density at radius 1 is 1.24 bits per heavy atom. The van der Waals surface area contributed by atoms with Crippen molar-refractivity contribution in [2.45, 2.75) is 6.61 Å². The minimum absolute atomic E-state index is 0.210. The molecule has 0 bridgehead atoms. The number of thioether (sulfide) groups is 1. The second-order valence-electron chi connectivity index (χ2n) is 6.07. The van der Waals surface area contributed by atoms with Crippen LogP contribution in [0.3, 0.4) is 0 Å². The van der Waals surface area contributed by atoms with Gasteiger partial charge in [-0.25, -0.2) is 4.79 Å². The summed E-state index contributed by atoms with van der Waals surface area (Å²) in [5.74, 6) is -0.290. The third kappa shape index (κ3) is 4.73. The molecule has 7 nitrogen and oxygen atoms in total. The highest BCUT2D eigenvalue weighted by Gasteiger charge is 2.31. The summed E-state index contributed by atoms with van der Waals surface area (Å²) in [6.45, 7) is 0.236. The van der Waals surface area contributed by atoms with E-state index in [0.717, 1.165) is 25.8 Å². The largest absolute Gasteiger partial charge is 0.493 e. The van der Waals surface area contributed by atoms with E-state index in [2.05, 4.69) is 22.6 Å². The molecule has 0 unspecified atom stereocenters. The minimum Gasteiger partial charge on any atom is -0.493 e. The van der Waals surface area contributed by atoms with Gasteiger partial charge in [0.1, 0.15) is 6.61 Å². The molecule has 0 spiro atoms. The van der Waals surface area contributed by atoms with Gasteiger partial charge in [-0.05, 0) is 75.8 Å². The summed E-state index contributed by atoms with van der Waals surface area (Å²) in [6, 6.07) is 9.99. The normalized spacial score (nSPS) is 15.1. The highest BCUT2D eigenvalue weighted by molar-refractivity contribution is 14.1. The molecule has 1 fully saturated rings. The number of amides is 2. The predicted octanol–water partition coefficient (Wildman–Crippen LogP) is 4.24. The summed E-state index contributed by atoms with van der Waals surface area (Å²) in [4.78, 5) is 36.1. The van der Waals surface area contributed by atoms with Gasteiger partial charge in [0, 0.05) is 7.05 Å². The lowest BCUT2D eigenvalue weighted by Crippen LogP contribution is -2.22. The van der Waals surface area contributed by atoms with E-state index in [4.69, 9.17) is 14.6 Å². The van der Waals surface area contributed by atoms with Crippen molar-refractivity contribution in [1.82, 2.24) is 4.90 Å². The lowest BCUT2D eigenvalue weighted by Gasteiger charge is -2.14. The number of carboxylic acids is 1. The Morgan fingerprint density at radius 2 is 1.93 bits per heavy atom. The Hall–Kier alpha value is -2.53. The Morgan fingerprint density at radius 3 is 2.48 bits per heavy atom. The zero-order valence-electron chi connectivity index (χ0n) is 15.5. The fraction of sp³-hybridized carbons (Fsp3) is 0.150. The van der Waals surface area contributed by atoms with Crippen LogP contribution in [-0.4, -0.2) is 41.3 Å². The first kappa shape index (κ1) is 21.2. The van der Waals surface area contributed by atoms with Crippen LogP contribution in [0.15, 0.2) is 41.3 Å². The molecule has 1 N–H and O–H groups in total. The molecule has 1 saturated heterocycles. The first-order valence-corrected chi connectivity index (χ1v) is 10.2. The molecule has 2 amide bonds. The van der Waals surface area contributed by atoms with Gasteiger partial charge in [-0.15, -0.1) is 0 Å². The van der Waals surface area contributed by atoms with E-state index < -0.39 is 5.97 Å². The number of hydrogen-bond acceptors (Lipinski definition) is 6. The second-order valence-corrected chi connectivity index (χ2v) is 8.22. The highest BCUT2D eigenvalue weighted by atomic mass is 127. The molecule has 9 heteroatoms. The maximum absolute atomic E-state index is 12.1. The van der Waals surface area contributed by atoms with E-state index in [1.54, 1.807) is 24.3 Å². The van der Waals surface area contributed by atoms with E-state index >= 15 is 0 Å². The molecule has 0 aliphatic carbocycles. The van der Waals surface area contributed by atoms with Gasteiger partial charge in [-0.1, -0.05) is 12.1 Å². The molecule has 1 heterocycles. The van der Waals surface area contributed by atoms with Gasteiger partial charge in [0.05, 0.1) is 21.1 Å². The van der Waals surface area contributed by atoms with Gasteiger partial charge in [-0.3, -0.25) is 14.5 Å². The zero-order chi connectivity index (χ0) is 21.1. The molecule has 2 aromatic rings. The predicted molar refractivity (Wildman–Crippen MR) is 117 cm³/mol. The summed E-state index contributed by atoms with van der Waals surface area (Å²) in [7, 11) is 2.96. The summed E-state index contributed by atoms with van der Waals surface area (Å²) in [5.41, 5.74) is 1.73. The van der Waals surface area contributed by atoms with Crippen LogP contribution < -0.4 is 9.47 Å². The van der Waals surface area contributed by atoms with Crippen LogP contribution in [0.25, 0.3) is 6.08 Å². The zero-order valence-corrected chi connectivity index (χ0v) is 18.4. The van der Waals surface area contributed by atoms with E-state index in [9.17, 15) is 14.4 Å². The number of aromatic carboxylic acids is 1. The summed E-state index contributed by atoms with van der Waals surface area (Å²) in [6.07, 6.45) is 1.65. The minimum atomic E-state index is -0.981. The Labute approximate surface area is 184 Å². The van der Waals surface area contributed by atoms with Crippen molar-refractivity contribution in [2.75, 3.05) is 14.2 Å². The number of carboxylic acid groups (broad SMARTS) is 1. The number of rotatable bonds is 6. The van der Waals surface area contributed by atoms with Crippen molar-refractivity contribution in [2.24, 2.45) is 0 Å². The molecule has 0 saturated carbocycles. The molecule has 1 aliphatic heterocycles. The first-order valence-electron chi connectivity index (χ1n) is 8.34. The van der Waals surface area contributed by atoms with Crippen molar-refractivity contribution in [3.05, 3.63) is 61.6 Å². The lowest BCUT2D eigenvalue weighted by molar-refractivity contribution is -0.121. The molecular formula is C20H16INO6S. The monoisotopic (exact) mass is 525 g/mol. The quantitative estimate of drug-likeness (QED) is 0.446. The van der Waals surface area contributed by atoms with Gasteiger partial charge in [0.15, 0.2) is 11.5 Å². The van der Waals surface area contributed by atoms with Crippen LogP contribution in [0.5, 0.6) is 11.5 Å². The number of carbonyl (C=O) groups excluding carboxylic acids is 2. The number of imide groups is 1. The molecule has 0 radical (unpaired) electrons. The Bertz CT molecular complexity index is 1020. The van der Waals surface area contributed by atoms with Gasteiger partial charge in [0.2, 0.25) is 0 Å². The molecule has 3 rings (SSSR count). The number of nitrogens with zero attached hydrogens (tertiary/aromatic N) is 1. The van der Waals surface area contributed by atoms with Crippen LogP contribution in [0.1, 0.15) is 21.5 Å². The van der Waals surface area contributed by atoms with E-state index in [1.807, 2.05) is 6.07 Å². The number of halogens is 1. The van der Waals surface area contributed by atoms with Crippen molar-refractivity contribution in [1.29, 1.82) is 0 Å². The topological polar surface area (TPSA) is 93.1 Å². The van der Waals surface area contributed by atoms with Crippen LogP contribution in [-0.2, 0) is 11.4 Å². The molecule has 29 heavy (non-hydrogen) atoms. The molecule has 0 atom stereocenters. The van der Waals surface area contributed by atoms with Crippen LogP contribution in [0.2, 0.25) is 0 Å². The van der Waals surface area contributed by atoms with Crippen molar-refractivity contribution < 1.29 is 29.0 Å². The SMILES string of the molecule is COc1cc(/C=C2\SC(=O)N(C)C2=O)cc(I)c1OCc1ccc(C(=O)O)cc1. The first-order chi connectivity index (χ1) is 13.8. The number of methoxy groups -OCH3 is 1. The molecule has 2 aromatic carbocycles. The molecular weight excluding hydrogens is 509 g/mol. The van der Waals surface area contributed by atoms with Crippen LogP contribution >= 0.6 is 34.4 Å². The summed E-state index contributed by atoms with van der Waals surface area (Å²) < 4.78 is 12.1. The summed E-state index contributed by atoms with van der Waals surface area (Å²) >= 11 is 3.00. The molecule has 0 aromatic heterocycles. The smallest absolute Gasteiger partial charge is 0.335 e. The third-order valence-corrected chi connectivity index (χ3v) is 5.88. The number of benzene rings is 2. The van der Waals surface area contributed by atoms with Crippen LogP contribution in [0.4, 0.5) is 4.79 Å². The Balaban J connectivity index is 1.81. The number of likely N-dealkylation sites (N-methyl/N-ethyl adjacent to an activating group) is 1. The number of ether oxygens (including phenoxy) is 2. The van der Waals surface area contributed by atoms with Gasteiger partial charge < -0.3 is 14.6 Å². The van der Waals surface area contributed by atoms with Crippen molar-refractivity contribution in [3.8, 4) is 11.5 Å². The van der Waals surface area contributed by atoms with Crippen molar-refractivity contribution >= 4 is 57.5 Å². The van der Waals surface area contributed by atoms with Gasteiger partial charge in [-0.2, -0.15) is 0 Å². The van der Waals surface area contributed by atoms with Gasteiger partial charge in [0.25, 0.3) is 11.1 Å². The van der Waals surface area contributed by atoms with Crippen molar-refractivity contribution in [3.63, 3.8) is 0 Å².